The van der Waals surface area contributed by atoms with Crippen molar-refractivity contribution in [3.8, 4) is 5.69 Å². The number of carbonyl (C=O) groups is 1. The zero-order valence-corrected chi connectivity index (χ0v) is 16.5. The molecule has 0 bridgehead atoms. The van der Waals surface area contributed by atoms with Crippen LogP contribution < -0.4 is 0 Å². The average molecular weight is 394 g/mol. The van der Waals surface area contributed by atoms with Crippen molar-refractivity contribution in [2.45, 2.75) is 24.8 Å². The number of carbonyl (C=O) groups excluding carboxylic acids is 1. The molecule has 142 valence electrons. The van der Waals surface area contributed by atoms with E-state index >= 15 is 0 Å². The molecule has 0 radical (unpaired) electrons. The van der Waals surface area contributed by atoms with Gasteiger partial charge in [-0.15, -0.1) is 5.10 Å². The summed E-state index contributed by atoms with van der Waals surface area (Å²) in [7, 11) is 1.36. The topological polar surface area (TPSA) is 87.2 Å². The van der Waals surface area contributed by atoms with Gasteiger partial charge in [-0.05, 0) is 48.0 Å². The minimum absolute atomic E-state index is 0.408. The van der Waals surface area contributed by atoms with Crippen LogP contribution in [0.4, 0.5) is 0 Å². The molecule has 4 aromatic rings. The molecule has 0 saturated carbocycles. The Balaban J connectivity index is 1.59. The molecule has 0 saturated heterocycles. The summed E-state index contributed by atoms with van der Waals surface area (Å²) < 4.78 is 8.38. The Morgan fingerprint density at radius 1 is 1.25 bits per heavy atom. The third kappa shape index (κ3) is 3.36. The third-order valence-corrected chi connectivity index (χ3v) is 5.26. The minimum atomic E-state index is -0.408. The monoisotopic (exact) mass is 394 g/mol. The number of nitrogens with zero attached hydrogens (tertiary/aromatic N) is 6. The average Bonchev–Trinajstić information content (AvgIpc) is 3.31. The summed E-state index contributed by atoms with van der Waals surface area (Å²) in [6.45, 7) is 4.09. The number of aromatic nitrogens is 6. The molecule has 0 aliphatic heterocycles. The number of hydrogen-bond donors (Lipinski definition) is 0. The van der Waals surface area contributed by atoms with Crippen molar-refractivity contribution < 1.29 is 9.53 Å². The van der Waals surface area contributed by atoms with Crippen LogP contribution in [0.2, 0.25) is 0 Å². The molecule has 0 aliphatic carbocycles. The Hall–Kier alpha value is -3.20. The predicted molar refractivity (Wildman–Crippen MR) is 105 cm³/mol. The molecule has 3 heterocycles. The molecule has 4 rings (SSSR count). The van der Waals surface area contributed by atoms with Crippen molar-refractivity contribution in [3.05, 3.63) is 65.1 Å². The van der Waals surface area contributed by atoms with E-state index in [0.29, 0.717) is 22.1 Å². The van der Waals surface area contributed by atoms with Gasteiger partial charge in [0.15, 0.2) is 5.65 Å². The van der Waals surface area contributed by atoms with Crippen LogP contribution in [0.25, 0.3) is 11.3 Å². The number of tetrazole rings is 1. The van der Waals surface area contributed by atoms with Crippen LogP contribution in [0.3, 0.4) is 0 Å². The van der Waals surface area contributed by atoms with Gasteiger partial charge in [-0.1, -0.05) is 29.5 Å². The molecule has 0 spiro atoms. The smallest absolute Gasteiger partial charge is 0.341 e. The second kappa shape index (κ2) is 7.43. The van der Waals surface area contributed by atoms with E-state index in [1.165, 1.54) is 24.4 Å². The highest BCUT2D eigenvalue weighted by Crippen LogP contribution is 2.24. The van der Waals surface area contributed by atoms with E-state index in [9.17, 15) is 4.79 Å². The first-order valence-electron chi connectivity index (χ1n) is 8.60. The van der Waals surface area contributed by atoms with E-state index < -0.39 is 5.97 Å². The Labute approximate surface area is 165 Å². The van der Waals surface area contributed by atoms with Gasteiger partial charge in [-0.3, -0.25) is 0 Å². The van der Waals surface area contributed by atoms with Crippen LogP contribution in [0, 0.1) is 13.8 Å². The quantitative estimate of drug-likeness (QED) is 0.380. The normalized spacial score (nSPS) is 11.1. The molecule has 8 nitrogen and oxygen atoms in total. The van der Waals surface area contributed by atoms with E-state index in [-0.39, 0.29) is 0 Å². The van der Waals surface area contributed by atoms with Gasteiger partial charge >= 0.3 is 5.97 Å². The number of ether oxygens (including phenoxy) is 1. The maximum Gasteiger partial charge on any atom is 0.341 e. The van der Waals surface area contributed by atoms with E-state index in [2.05, 4.69) is 33.5 Å². The van der Waals surface area contributed by atoms with Gasteiger partial charge in [0.25, 0.3) is 0 Å². The summed E-state index contributed by atoms with van der Waals surface area (Å²) in [5.41, 5.74) is 5.05. The van der Waals surface area contributed by atoms with Crippen molar-refractivity contribution in [1.29, 1.82) is 0 Å². The van der Waals surface area contributed by atoms with E-state index in [1.54, 1.807) is 16.8 Å². The lowest BCUT2D eigenvalue weighted by molar-refractivity contribution is 0.0602. The first-order valence-corrected chi connectivity index (χ1v) is 9.59. The number of imidazole rings is 1. The fourth-order valence-electron chi connectivity index (χ4n) is 3.00. The summed E-state index contributed by atoms with van der Waals surface area (Å²) in [5.74, 6) is 0.155. The summed E-state index contributed by atoms with van der Waals surface area (Å²) >= 11 is 1.48. The van der Waals surface area contributed by atoms with Crippen molar-refractivity contribution in [2.24, 2.45) is 0 Å². The van der Waals surface area contributed by atoms with E-state index in [0.717, 1.165) is 16.9 Å². The Morgan fingerprint density at radius 3 is 2.89 bits per heavy atom. The molecule has 28 heavy (non-hydrogen) atoms. The van der Waals surface area contributed by atoms with Crippen molar-refractivity contribution in [3.63, 3.8) is 0 Å². The van der Waals surface area contributed by atoms with Crippen LogP contribution in [-0.4, -0.2) is 42.7 Å². The van der Waals surface area contributed by atoms with Gasteiger partial charge in [-0.25, -0.2) is 9.78 Å². The molecule has 0 atom stereocenters. The van der Waals surface area contributed by atoms with Gasteiger partial charge < -0.3 is 9.14 Å². The van der Waals surface area contributed by atoms with Gasteiger partial charge in [-0.2, -0.15) is 4.68 Å². The van der Waals surface area contributed by atoms with Crippen LogP contribution in [0.1, 0.15) is 27.2 Å². The Kier molecular flexibility index (Phi) is 4.82. The number of esters is 1. The number of fused-ring (bicyclic) bond motifs is 1. The minimum Gasteiger partial charge on any atom is -0.465 e. The largest absolute Gasteiger partial charge is 0.465 e. The van der Waals surface area contributed by atoms with Crippen molar-refractivity contribution in [2.75, 3.05) is 7.11 Å². The first kappa shape index (κ1) is 18.2. The number of pyridine rings is 1. The fourth-order valence-corrected chi connectivity index (χ4v) is 3.77. The molecular formula is C19H18N6O2S. The fraction of sp³-hybridized carbons (Fsp3) is 0.211. The maximum atomic E-state index is 11.9. The molecule has 0 amide bonds. The lowest BCUT2D eigenvalue weighted by Crippen LogP contribution is -2.03. The number of rotatable bonds is 5. The molecule has 0 fully saturated rings. The third-order valence-electron chi connectivity index (χ3n) is 4.31. The summed E-state index contributed by atoms with van der Waals surface area (Å²) in [6, 6.07) is 9.64. The van der Waals surface area contributed by atoms with Crippen molar-refractivity contribution in [1.82, 2.24) is 29.6 Å². The highest BCUT2D eigenvalue weighted by molar-refractivity contribution is 7.98. The highest BCUT2D eigenvalue weighted by Gasteiger charge is 2.15. The van der Waals surface area contributed by atoms with Crippen LogP contribution >= 0.6 is 11.8 Å². The van der Waals surface area contributed by atoms with Crippen LogP contribution in [0.5, 0.6) is 0 Å². The van der Waals surface area contributed by atoms with Crippen LogP contribution in [-0.2, 0) is 10.5 Å². The maximum absolute atomic E-state index is 11.9. The second-order valence-electron chi connectivity index (χ2n) is 6.33. The summed E-state index contributed by atoms with van der Waals surface area (Å²) in [6.07, 6.45) is 3.74. The van der Waals surface area contributed by atoms with Gasteiger partial charge in [0.2, 0.25) is 5.16 Å². The standard InChI is InChI=1S/C19H18N6O2S/c1-12-6-7-16(13(2)9-12)25-19(21-22-23-25)28-11-14-10-24-8-4-5-15(17(24)20-14)18(26)27-3/h4-10H,11H2,1-3H3. The highest BCUT2D eigenvalue weighted by atomic mass is 32.2. The van der Waals surface area contributed by atoms with E-state index in [4.69, 9.17) is 4.74 Å². The zero-order valence-electron chi connectivity index (χ0n) is 15.7. The zero-order chi connectivity index (χ0) is 19.7. The molecule has 0 N–H and O–H groups in total. The molecule has 3 aromatic heterocycles. The molecule has 0 unspecified atom stereocenters. The summed E-state index contributed by atoms with van der Waals surface area (Å²) in [5, 5.41) is 12.8. The molecule has 0 aliphatic rings. The first-order chi connectivity index (χ1) is 13.6. The Morgan fingerprint density at radius 2 is 2.11 bits per heavy atom. The van der Waals surface area contributed by atoms with Crippen molar-refractivity contribution >= 4 is 23.4 Å². The SMILES string of the molecule is COC(=O)c1cccn2cc(CSc3nnnn3-c3ccc(C)cc3C)nc12. The van der Waals surface area contributed by atoms with Gasteiger partial charge in [0, 0.05) is 18.1 Å². The molecular weight excluding hydrogens is 376 g/mol. The molecule has 9 heteroatoms. The van der Waals surface area contributed by atoms with Gasteiger partial charge in [0.1, 0.15) is 5.56 Å². The number of methoxy groups -OCH3 is 1. The summed E-state index contributed by atoms with van der Waals surface area (Å²) in [4.78, 5) is 16.5. The van der Waals surface area contributed by atoms with Gasteiger partial charge in [0.05, 0.1) is 18.5 Å². The number of hydrogen-bond acceptors (Lipinski definition) is 7. The molecule has 1 aromatic carbocycles. The number of thioether (sulfide) groups is 1. The predicted octanol–water partition coefficient (Wildman–Crippen LogP) is 3.01. The Bertz CT molecular complexity index is 1170. The second-order valence-corrected chi connectivity index (χ2v) is 7.27. The number of aryl methyl sites for hydroxylation is 2. The lowest BCUT2D eigenvalue weighted by Gasteiger charge is -2.07. The number of benzene rings is 1. The van der Waals surface area contributed by atoms with E-state index in [1.807, 2.05) is 35.9 Å². The lowest BCUT2D eigenvalue weighted by atomic mass is 10.1. The van der Waals surface area contributed by atoms with Crippen LogP contribution in [0.15, 0.2) is 47.9 Å².